The molecular weight excluding hydrogens is 552 g/mol. The fourth-order valence-corrected chi connectivity index (χ4v) is 4.26. The van der Waals surface area contributed by atoms with Gasteiger partial charge in [0.15, 0.2) is 11.5 Å². The predicted molar refractivity (Wildman–Crippen MR) is 152 cm³/mol. The molecule has 4 aromatic rings. The Hall–Kier alpha value is -4.77. The van der Waals surface area contributed by atoms with Crippen LogP contribution in [-0.2, 0) is 17.9 Å². The molecule has 4 rings (SSSR count). The summed E-state index contributed by atoms with van der Waals surface area (Å²) in [6.45, 7) is 0.361. The number of halogens is 1. The van der Waals surface area contributed by atoms with Gasteiger partial charge in [-0.05, 0) is 42.0 Å². The first-order chi connectivity index (χ1) is 19.9. The summed E-state index contributed by atoms with van der Waals surface area (Å²) in [5, 5.41) is 3.65. The summed E-state index contributed by atoms with van der Waals surface area (Å²) in [6, 6.07) is 14.2. The maximum Gasteiger partial charge on any atom is 0.343 e. The van der Waals surface area contributed by atoms with E-state index in [2.05, 4.69) is 20.3 Å². The number of carbonyl (C=O) groups excluding carboxylic acids is 1. The number of benzene rings is 2. The Morgan fingerprint density at radius 3 is 2.20 bits per heavy atom. The van der Waals surface area contributed by atoms with E-state index < -0.39 is 5.97 Å². The van der Waals surface area contributed by atoms with E-state index >= 15 is 0 Å². The highest BCUT2D eigenvalue weighted by atomic mass is 35.5. The van der Waals surface area contributed by atoms with Crippen molar-refractivity contribution in [3.8, 4) is 40.3 Å². The first-order valence-corrected chi connectivity index (χ1v) is 12.7. The van der Waals surface area contributed by atoms with Gasteiger partial charge in [0.05, 0.1) is 52.0 Å². The quantitative estimate of drug-likeness (QED) is 0.222. The van der Waals surface area contributed by atoms with Crippen molar-refractivity contribution in [3.63, 3.8) is 0 Å². The largest absolute Gasteiger partial charge is 0.495 e. The van der Waals surface area contributed by atoms with E-state index in [1.54, 1.807) is 43.6 Å². The zero-order chi connectivity index (χ0) is 29.4. The van der Waals surface area contributed by atoms with Crippen LogP contribution in [0.3, 0.4) is 0 Å². The number of carbonyl (C=O) groups is 1. The molecule has 2 aromatic heterocycles. The number of nitrogens with one attached hydrogen (secondary N) is 1. The number of methoxy groups -OCH3 is 5. The average Bonchev–Trinajstić information content (AvgIpc) is 3.01. The summed E-state index contributed by atoms with van der Waals surface area (Å²) >= 11 is 6.31. The maximum atomic E-state index is 13.2. The summed E-state index contributed by atoms with van der Waals surface area (Å²) in [5.41, 5.74) is 2.25. The molecule has 0 atom stereocenters. The van der Waals surface area contributed by atoms with Crippen molar-refractivity contribution in [2.75, 3.05) is 40.9 Å². The second-order valence-electron chi connectivity index (χ2n) is 8.42. The minimum Gasteiger partial charge on any atom is -0.495 e. The normalized spacial score (nSPS) is 10.5. The highest BCUT2D eigenvalue weighted by Gasteiger charge is 2.26. The molecule has 0 unspecified atom stereocenters. The van der Waals surface area contributed by atoms with Crippen molar-refractivity contribution in [2.24, 2.45) is 0 Å². The van der Waals surface area contributed by atoms with E-state index in [0.717, 1.165) is 5.56 Å². The molecule has 0 saturated carbocycles. The fourth-order valence-electron chi connectivity index (χ4n) is 3.98. The summed E-state index contributed by atoms with van der Waals surface area (Å²) in [6.07, 6.45) is 1.66. The summed E-state index contributed by atoms with van der Waals surface area (Å²) < 4.78 is 32.8. The molecule has 0 amide bonds. The minimum atomic E-state index is -0.666. The predicted octanol–water partition coefficient (Wildman–Crippen LogP) is 5.20. The molecule has 0 bridgehead atoms. The van der Waals surface area contributed by atoms with Crippen molar-refractivity contribution in [3.05, 3.63) is 76.6 Å². The molecule has 11 nitrogen and oxygen atoms in total. The van der Waals surface area contributed by atoms with Gasteiger partial charge in [0, 0.05) is 18.3 Å². The first-order valence-electron chi connectivity index (χ1n) is 12.3. The van der Waals surface area contributed by atoms with Crippen molar-refractivity contribution in [1.82, 2.24) is 15.0 Å². The molecule has 0 radical (unpaired) electrons. The van der Waals surface area contributed by atoms with E-state index in [1.807, 2.05) is 18.2 Å². The second kappa shape index (κ2) is 13.5. The van der Waals surface area contributed by atoms with E-state index in [0.29, 0.717) is 39.3 Å². The van der Waals surface area contributed by atoms with Crippen LogP contribution < -0.4 is 29.0 Å². The number of hydrogen-bond donors (Lipinski definition) is 1. The molecule has 214 valence electrons. The van der Waals surface area contributed by atoms with Gasteiger partial charge in [-0.25, -0.2) is 4.79 Å². The van der Waals surface area contributed by atoms with Crippen LogP contribution in [0, 0.1) is 0 Å². The summed E-state index contributed by atoms with van der Waals surface area (Å²) in [4.78, 5) is 26.6. The molecule has 2 aromatic carbocycles. The monoisotopic (exact) mass is 580 g/mol. The number of hydrogen-bond acceptors (Lipinski definition) is 11. The van der Waals surface area contributed by atoms with Crippen molar-refractivity contribution < 1.29 is 33.2 Å². The third-order valence-electron chi connectivity index (χ3n) is 5.97. The molecular formula is C29H29ClN4O7. The first kappa shape index (κ1) is 29.2. The molecule has 41 heavy (non-hydrogen) atoms. The molecule has 12 heteroatoms. The number of anilines is 1. The van der Waals surface area contributed by atoms with Gasteiger partial charge in [0.1, 0.15) is 23.7 Å². The van der Waals surface area contributed by atoms with Gasteiger partial charge in [-0.3, -0.25) is 4.98 Å². The van der Waals surface area contributed by atoms with Gasteiger partial charge in [0.25, 0.3) is 0 Å². The molecule has 1 N–H and O–H groups in total. The van der Waals surface area contributed by atoms with Crippen molar-refractivity contribution in [2.45, 2.75) is 13.2 Å². The number of esters is 1. The third-order valence-corrected chi connectivity index (χ3v) is 6.26. The van der Waals surface area contributed by atoms with Gasteiger partial charge in [0.2, 0.25) is 5.75 Å². The SMILES string of the molecule is COC(=O)c1c(NCc2ccc(OC)c(Cl)c2)nc(OCc2ccccn2)nc1-c1cc(OC)c(OC)c(OC)c1. The van der Waals surface area contributed by atoms with E-state index in [-0.39, 0.29) is 36.2 Å². The molecule has 0 spiro atoms. The number of ether oxygens (including phenoxy) is 6. The van der Waals surface area contributed by atoms with Gasteiger partial charge in [-0.15, -0.1) is 0 Å². The molecule has 0 aliphatic rings. The van der Waals surface area contributed by atoms with Crippen molar-refractivity contribution >= 4 is 23.4 Å². The van der Waals surface area contributed by atoms with Gasteiger partial charge in [-0.2, -0.15) is 9.97 Å². The zero-order valence-corrected chi connectivity index (χ0v) is 23.9. The highest BCUT2D eigenvalue weighted by molar-refractivity contribution is 6.32. The molecule has 2 heterocycles. The van der Waals surface area contributed by atoms with Crippen LogP contribution >= 0.6 is 11.6 Å². The minimum absolute atomic E-state index is 0.00215. The Morgan fingerprint density at radius 1 is 0.878 bits per heavy atom. The topological polar surface area (TPSA) is 123 Å². The van der Waals surface area contributed by atoms with Gasteiger partial charge < -0.3 is 33.7 Å². The van der Waals surface area contributed by atoms with Crippen molar-refractivity contribution in [1.29, 1.82) is 0 Å². The summed E-state index contributed by atoms with van der Waals surface area (Å²) in [5.74, 6) is 1.18. The zero-order valence-electron chi connectivity index (χ0n) is 23.2. The fraction of sp³-hybridized carbons (Fsp3) is 0.241. The van der Waals surface area contributed by atoms with E-state index in [9.17, 15) is 4.79 Å². The van der Waals surface area contributed by atoms with Crippen LogP contribution in [0.1, 0.15) is 21.6 Å². The molecule has 0 aliphatic carbocycles. The van der Waals surface area contributed by atoms with Crippen LogP contribution in [0.25, 0.3) is 11.3 Å². The number of nitrogens with zero attached hydrogens (tertiary/aromatic N) is 3. The Bertz CT molecular complexity index is 1490. The lowest BCUT2D eigenvalue weighted by Crippen LogP contribution is -2.15. The van der Waals surface area contributed by atoms with Crippen LogP contribution in [0.15, 0.2) is 54.7 Å². The van der Waals surface area contributed by atoms with E-state index in [4.69, 9.17) is 40.0 Å². The lowest BCUT2D eigenvalue weighted by atomic mass is 10.0. The highest BCUT2D eigenvalue weighted by Crippen LogP contribution is 2.42. The molecule has 0 fully saturated rings. The average molecular weight is 581 g/mol. The Kier molecular flexibility index (Phi) is 9.64. The third kappa shape index (κ3) is 6.69. The lowest BCUT2D eigenvalue weighted by molar-refractivity contribution is 0.0601. The van der Waals surface area contributed by atoms with Crippen LogP contribution in [0.2, 0.25) is 5.02 Å². The number of pyridine rings is 1. The van der Waals surface area contributed by atoms with Crippen LogP contribution in [-0.4, -0.2) is 56.5 Å². The van der Waals surface area contributed by atoms with Crippen LogP contribution in [0.5, 0.6) is 29.0 Å². The lowest BCUT2D eigenvalue weighted by Gasteiger charge is -2.18. The Labute approximate surface area is 242 Å². The van der Waals surface area contributed by atoms with Crippen LogP contribution in [0.4, 0.5) is 5.82 Å². The van der Waals surface area contributed by atoms with E-state index in [1.165, 1.54) is 28.4 Å². The van der Waals surface area contributed by atoms with Gasteiger partial charge in [-0.1, -0.05) is 23.7 Å². The summed E-state index contributed by atoms with van der Waals surface area (Å²) in [7, 11) is 7.31. The Morgan fingerprint density at radius 2 is 1.61 bits per heavy atom. The smallest absolute Gasteiger partial charge is 0.343 e. The second-order valence-corrected chi connectivity index (χ2v) is 8.82. The molecule has 0 aliphatic heterocycles. The standard InChI is InChI=1S/C29H29ClN4O7/c1-36-21-10-9-17(12-20(21)30)15-32-27-24(28(35)40-5)25(18-13-22(37-2)26(39-4)23(14-18)38-3)33-29(34-27)41-16-19-8-6-7-11-31-19/h6-14H,15-16H2,1-5H3,(H,32,33,34). The number of rotatable bonds is 12. The van der Waals surface area contributed by atoms with Gasteiger partial charge >= 0.3 is 12.0 Å². The molecule has 0 saturated heterocycles. The maximum absolute atomic E-state index is 13.2. The Balaban J connectivity index is 1.84. The number of aromatic nitrogens is 3.